The van der Waals surface area contributed by atoms with Gasteiger partial charge in [-0.05, 0) is 54.2 Å². The second-order valence-corrected chi connectivity index (χ2v) is 5.74. The summed E-state index contributed by atoms with van der Waals surface area (Å²) in [4.78, 5) is 0. The fourth-order valence-corrected chi connectivity index (χ4v) is 2.61. The van der Waals surface area contributed by atoms with E-state index < -0.39 is 0 Å². The van der Waals surface area contributed by atoms with Crippen molar-refractivity contribution in [2.24, 2.45) is 5.92 Å². The highest BCUT2D eigenvalue weighted by atomic mass is 35.5. The van der Waals surface area contributed by atoms with Crippen molar-refractivity contribution in [3.05, 3.63) is 64.4 Å². The molecule has 0 amide bonds. The van der Waals surface area contributed by atoms with Gasteiger partial charge in [0.2, 0.25) is 0 Å². The van der Waals surface area contributed by atoms with Crippen LogP contribution < -0.4 is 4.74 Å². The van der Waals surface area contributed by atoms with E-state index in [1.54, 1.807) is 13.2 Å². The Hall–Kier alpha value is -1.25. The smallest absolute Gasteiger partial charge is 0.142 e. The summed E-state index contributed by atoms with van der Waals surface area (Å²) >= 11 is 11.7. The summed E-state index contributed by atoms with van der Waals surface area (Å²) in [5.74, 6) is 1.23. The maximum absolute atomic E-state index is 13.5. The number of benzene rings is 2. The molecule has 0 bridgehead atoms. The third kappa shape index (κ3) is 4.62. The second kappa shape index (κ2) is 7.67. The van der Waals surface area contributed by atoms with Gasteiger partial charge in [-0.1, -0.05) is 29.8 Å². The predicted molar refractivity (Wildman–Crippen MR) is 86.0 cm³/mol. The number of ether oxygens (including phenoxy) is 1. The molecule has 2 aromatic carbocycles. The lowest BCUT2D eigenvalue weighted by Crippen LogP contribution is -2.10. The van der Waals surface area contributed by atoms with Gasteiger partial charge in [0.25, 0.3) is 0 Å². The third-order valence-corrected chi connectivity index (χ3v) is 4.15. The van der Waals surface area contributed by atoms with E-state index in [1.165, 1.54) is 11.6 Å². The molecule has 0 heterocycles. The van der Waals surface area contributed by atoms with Crippen molar-refractivity contribution in [1.82, 2.24) is 0 Å². The van der Waals surface area contributed by atoms with Crippen molar-refractivity contribution >= 4 is 23.2 Å². The van der Waals surface area contributed by atoms with Crippen molar-refractivity contribution in [3.8, 4) is 5.75 Å². The largest absolute Gasteiger partial charge is 0.497 e. The van der Waals surface area contributed by atoms with Crippen LogP contribution >= 0.6 is 23.2 Å². The summed E-state index contributed by atoms with van der Waals surface area (Å²) in [6.07, 6.45) is 1.57. The maximum atomic E-state index is 13.5. The first-order chi connectivity index (χ1) is 10.1. The Morgan fingerprint density at radius 1 is 1.05 bits per heavy atom. The highest BCUT2D eigenvalue weighted by molar-refractivity contribution is 6.30. The van der Waals surface area contributed by atoms with E-state index in [9.17, 15) is 4.39 Å². The Morgan fingerprint density at radius 2 is 1.67 bits per heavy atom. The molecule has 1 unspecified atom stereocenters. The highest BCUT2D eigenvalue weighted by Crippen LogP contribution is 2.21. The van der Waals surface area contributed by atoms with Crippen LogP contribution in [0.1, 0.15) is 11.1 Å². The first-order valence-corrected chi connectivity index (χ1v) is 7.66. The van der Waals surface area contributed by atoms with E-state index in [0.29, 0.717) is 5.88 Å². The van der Waals surface area contributed by atoms with E-state index in [-0.39, 0.29) is 16.8 Å². The molecular weight excluding hydrogens is 310 g/mol. The molecule has 0 aliphatic heterocycles. The SMILES string of the molecule is COc1ccc(CC(CCl)Cc2ccc(Cl)c(F)c2)cc1. The van der Waals surface area contributed by atoms with Crippen LogP contribution in [0, 0.1) is 11.7 Å². The van der Waals surface area contributed by atoms with E-state index in [0.717, 1.165) is 24.2 Å². The average Bonchev–Trinajstić information content (AvgIpc) is 2.51. The molecule has 1 nitrogen and oxygen atoms in total. The van der Waals surface area contributed by atoms with Gasteiger partial charge >= 0.3 is 0 Å². The summed E-state index contributed by atoms with van der Waals surface area (Å²) in [7, 11) is 1.64. The monoisotopic (exact) mass is 326 g/mol. The number of alkyl halides is 1. The Bertz CT molecular complexity index is 584. The van der Waals surface area contributed by atoms with Crippen LogP contribution in [0.3, 0.4) is 0 Å². The minimum Gasteiger partial charge on any atom is -0.497 e. The summed E-state index contributed by atoms with van der Waals surface area (Å²) in [5, 5.41) is 0.149. The zero-order valence-electron chi connectivity index (χ0n) is 11.8. The standard InChI is InChI=1S/C17H17Cl2FO/c1-21-15-5-2-12(3-6-15)8-14(11-18)9-13-4-7-16(19)17(20)10-13/h2-7,10,14H,8-9,11H2,1H3. The number of methoxy groups -OCH3 is 1. The molecule has 2 rings (SSSR count). The van der Waals surface area contributed by atoms with Crippen molar-refractivity contribution in [3.63, 3.8) is 0 Å². The van der Waals surface area contributed by atoms with Gasteiger partial charge in [-0.3, -0.25) is 0 Å². The van der Waals surface area contributed by atoms with Crippen LogP contribution in [0.2, 0.25) is 5.02 Å². The molecule has 0 aliphatic carbocycles. The van der Waals surface area contributed by atoms with Gasteiger partial charge in [0.1, 0.15) is 11.6 Å². The number of hydrogen-bond acceptors (Lipinski definition) is 1. The number of halogens is 3. The molecule has 0 aliphatic rings. The van der Waals surface area contributed by atoms with Gasteiger partial charge in [-0.15, -0.1) is 11.6 Å². The number of rotatable bonds is 6. The fraction of sp³-hybridized carbons (Fsp3) is 0.294. The van der Waals surface area contributed by atoms with E-state index >= 15 is 0 Å². The summed E-state index contributed by atoms with van der Waals surface area (Å²) in [6, 6.07) is 12.8. The van der Waals surface area contributed by atoms with Gasteiger partial charge in [0.05, 0.1) is 12.1 Å². The van der Waals surface area contributed by atoms with Gasteiger partial charge in [0, 0.05) is 5.88 Å². The van der Waals surface area contributed by atoms with E-state index in [4.69, 9.17) is 27.9 Å². The maximum Gasteiger partial charge on any atom is 0.142 e. The van der Waals surface area contributed by atoms with Gasteiger partial charge < -0.3 is 4.74 Å². The van der Waals surface area contributed by atoms with Crippen molar-refractivity contribution in [2.75, 3.05) is 13.0 Å². The minimum absolute atomic E-state index is 0.149. The Morgan fingerprint density at radius 3 is 2.24 bits per heavy atom. The second-order valence-electron chi connectivity index (χ2n) is 5.03. The Kier molecular flexibility index (Phi) is 5.89. The van der Waals surface area contributed by atoms with Gasteiger partial charge in [-0.2, -0.15) is 0 Å². The molecule has 0 aromatic heterocycles. The van der Waals surface area contributed by atoms with Crippen LogP contribution in [-0.4, -0.2) is 13.0 Å². The summed E-state index contributed by atoms with van der Waals surface area (Å²) in [5.41, 5.74) is 2.10. The quantitative estimate of drug-likeness (QED) is 0.669. The first kappa shape index (κ1) is 16.1. The summed E-state index contributed by atoms with van der Waals surface area (Å²) in [6.45, 7) is 0. The molecule has 21 heavy (non-hydrogen) atoms. The normalized spacial score (nSPS) is 12.2. The van der Waals surface area contributed by atoms with Crippen LogP contribution in [-0.2, 0) is 12.8 Å². The first-order valence-electron chi connectivity index (χ1n) is 6.75. The van der Waals surface area contributed by atoms with E-state index in [1.807, 2.05) is 30.3 Å². The minimum atomic E-state index is -0.382. The lowest BCUT2D eigenvalue weighted by Gasteiger charge is -2.14. The van der Waals surface area contributed by atoms with Crippen LogP contribution in [0.15, 0.2) is 42.5 Å². The molecule has 0 N–H and O–H groups in total. The molecule has 0 fully saturated rings. The fourth-order valence-electron chi connectivity index (χ4n) is 2.28. The zero-order chi connectivity index (χ0) is 15.2. The van der Waals surface area contributed by atoms with Crippen molar-refractivity contribution < 1.29 is 9.13 Å². The van der Waals surface area contributed by atoms with Crippen LogP contribution in [0.25, 0.3) is 0 Å². The zero-order valence-corrected chi connectivity index (χ0v) is 13.3. The number of hydrogen-bond donors (Lipinski definition) is 0. The molecule has 4 heteroatoms. The van der Waals surface area contributed by atoms with E-state index in [2.05, 4.69) is 0 Å². The molecule has 112 valence electrons. The van der Waals surface area contributed by atoms with Crippen molar-refractivity contribution in [1.29, 1.82) is 0 Å². The lowest BCUT2D eigenvalue weighted by molar-refractivity contribution is 0.414. The highest BCUT2D eigenvalue weighted by Gasteiger charge is 2.11. The van der Waals surface area contributed by atoms with Gasteiger partial charge in [-0.25, -0.2) is 4.39 Å². The van der Waals surface area contributed by atoms with Gasteiger partial charge in [0.15, 0.2) is 0 Å². The topological polar surface area (TPSA) is 9.23 Å². The molecular formula is C17H17Cl2FO. The molecule has 0 radical (unpaired) electrons. The predicted octanol–water partition coefficient (Wildman–Crippen LogP) is 5.13. The molecule has 0 saturated heterocycles. The van der Waals surface area contributed by atoms with Crippen LogP contribution in [0.5, 0.6) is 5.75 Å². The average molecular weight is 327 g/mol. The molecule has 0 saturated carbocycles. The third-order valence-electron chi connectivity index (χ3n) is 3.41. The molecule has 2 aromatic rings. The van der Waals surface area contributed by atoms with Crippen LogP contribution in [0.4, 0.5) is 4.39 Å². The Labute approximate surface area is 134 Å². The molecule has 1 atom stereocenters. The molecule has 0 spiro atoms. The lowest BCUT2D eigenvalue weighted by atomic mass is 9.94. The van der Waals surface area contributed by atoms with Crippen molar-refractivity contribution in [2.45, 2.75) is 12.8 Å². The summed E-state index contributed by atoms with van der Waals surface area (Å²) < 4.78 is 18.6. The Balaban J connectivity index is 2.03.